The van der Waals surface area contributed by atoms with Crippen LogP contribution in [0.4, 0.5) is 39.4 Å². The molecule has 5 nitrogen and oxygen atoms in total. The average Bonchev–Trinajstić information content (AvgIpc) is 3.01. The quantitative estimate of drug-likeness (QED) is 0.378. The van der Waals surface area contributed by atoms with Crippen LogP contribution in [0.1, 0.15) is 29.7 Å². The summed E-state index contributed by atoms with van der Waals surface area (Å²) in [5, 5.41) is 3.38. The molecular formula is C26H23ClF4N4O. The first-order valence-electron chi connectivity index (χ1n) is 11.6. The van der Waals surface area contributed by atoms with Crippen molar-refractivity contribution in [1.82, 2.24) is 9.88 Å². The number of pyridine rings is 1. The van der Waals surface area contributed by atoms with E-state index in [0.29, 0.717) is 60.0 Å². The summed E-state index contributed by atoms with van der Waals surface area (Å²) in [5.41, 5.74) is 1.88. The third-order valence-corrected chi connectivity index (χ3v) is 6.87. The molecule has 1 N–H and O–H groups in total. The number of carbonyl (C=O) groups is 1. The minimum absolute atomic E-state index is 0.255. The molecular weight excluding hydrogens is 496 g/mol. The molecule has 2 aromatic carbocycles. The first kappa shape index (κ1) is 24.4. The second-order valence-corrected chi connectivity index (χ2v) is 9.45. The van der Waals surface area contributed by atoms with Gasteiger partial charge in [0.15, 0.2) is 0 Å². The number of benzene rings is 2. The van der Waals surface area contributed by atoms with Crippen LogP contribution in [0.3, 0.4) is 0 Å². The highest BCUT2D eigenvalue weighted by molar-refractivity contribution is 6.30. The van der Waals surface area contributed by atoms with E-state index in [2.05, 4.69) is 10.3 Å². The Kier molecular flexibility index (Phi) is 6.51. The van der Waals surface area contributed by atoms with Gasteiger partial charge in [-0.05, 0) is 73.7 Å². The number of anilines is 3. The molecule has 5 rings (SSSR count). The van der Waals surface area contributed by atoms with Crippen molar-refractivity contribution in [2.45, 2.75) is 37.9 Å². The van der Waals surface area contributed by atoms with Crippen LogP contribution < -0.4 is 10.2 Å². The highest BCUT2D eigenvalue weighted by atomic mass is 35.5. The molecule has 1 saturated heterocycles. The number of nitrogens with one attached hydrogen (secondary N) is 1. The van der Waals surface area contributed by atoms with E-state index in [1.807, 2.05) is 0 Å². The van der Waals surface area contributed by atoms with Crippen LogP contribution in [0, 0.1) is 5.82 Å². The minimum atomic E-state index is -4.57. The van der Waals surface area contributed by atoms with Crippen molar-refractivity contribution in [2.75, 3.05) is 23.3 Å². The molecule has 0 radical (unpaired) electrons. The predicted molar refractivity (Wildman–Crippen MR) is 130 cm³/mol. The second-order valence-electron chi connectivity index (χ2n) is 9.01. The molecule has 3 aromatic rings. The Balaban J connectivity index is 1.50. The van der Waals surface area contributed by atoms with Gasteiger partial charge in [0, 0.05) is 35.7 Å². The van der Waals surface area contributed by atoms with E-state index in [1.54, 1.807) is 40.1 Å². The molecule has 2 amide bonds. The largest absolute Gasteiger partial charge is 0.417 e. The Morgan fingerprint density at radius 2 is 1.83 bits per heavy atom. The van der Waals surface area contributed by atoms with Crippen molar-refractivity contribution in [3.63, 3.8) is 0 Å². The number of piperidine rings is 1. The standard InChI is InChI=1S/C26H23ClF4N4O/c27-18-5-8-20(9-6-18)33-25(36)34-11-1-2-21(15-34)35-23-13-19(28)7-3-16(23)4-10-22-24(35)12-17(14-32-22)26(29,30)31/h3,5-9,12-14,21H,1-2,4,10-11,15H2,(H,33,36). The van der Waals surface area contributed by atoms with Crippen molar-refractivity contribution < 1.29 is 22.4 Å². The molecule has 10 heteroatoms. The number of urea groups is 1. The number of amides is 2. The zero-order valence-corrected chi connectivity index (χ0v) is 19.9. The van der Waals surface area contributed by atoms with Gasteiger partial charge in [-0.3, -0.25) is 4.98 Å². The lowest BCUT2D eigenvalue weighted by atomic mass is 10.0. The van der Waals surface area contributed by atoms with Gasteiger partial charge >= 0.3 is 12.2 Å². The zero-order chi connectivity index (χ0) is 25.4. The monoisotopic (exact) mass is 518 g/mol. The third-order valence-electron chi connectivity index (χ3n) is 6.62. The molecule has 1 aromatic heterocycles. The van der Waals surface area contributed by atoms with Gasteiger partial charge in [-0.2, -0.15) is 13.2 Å². The molecule has 2 aliphatic rings. The van der Waals surface area contributed by atoms with Gasteiger partial charge in [0.2, 0.25) is 0 Å². The molecule has 3 heterocycles. The fraction of sp³-hybridized carbons (Fsp3) is 0.308. The Morgan fingerprint density at radius 3 is 2.58 bits per heavy atom. The second kappa shape index (κ2) is 9.61. The number of rotatable bonds is 2. The maximum atomic E-state index is 14.4. The van der Waals surface area contributed by atoms with Gasteiger partial charge in [-0.15, -0.1) is 0 Å². The number of aromatic nitrogens is 1. The van der Waals surface area contributed by atoms with Gasteiger partial charge < -0.3 is 15.1 Å². The number of fused-ring (bicyclic) bond motifs is 2. The summed E-state index contributed by atoms with van der Waals surface area (Å²) in [6.07, 6.45) is -1.51. The topological polar surface area (TPSA) is 48.5 Å². The van der Waals surface area contributed by atoms with Crippen LogP contribution in [0.5, 0.6) is 0 Å². The van der Waals surface area contributed by atoms with Crippen molar-refractivity contribution in [3.05, 3.63) is 82.4 Å². The van der Waals surface area contributed by atoms with E-state index < -0.39 is 17.6 Å². The van der Waals surface area contributed by atoms with Crippen molar-refractivity contribution in [3.8, 4) is 0 Å². The highest BCUT2D eigenvalue weighted by Gasteiger charge is 2.36. The first-order chi connectivity index (χ1) is 17.2. The lowest BCUT2D eigenvalue weighted by molar-refractivity contribution is -0.137. The summed E-state index contributed by atoms with van der Waals surface area (Å²) in [6.45, 7) is 0.749. The summed E-state index contributed by atoms with van der Waals surface area (Å²) >= 11 is 5.92. The lowest BCUT2D eigenvalue weighted by Crippen LogP contribution is -2.50. The van der Waals surface area contributed by atoms with E-state index >= 15 is 0 Å². The van der Waals surface area contributed by atoms with Gasteiger partial charge in [-0.1, -0.05) is 17.7 Å². The molecule has 188 valence electrons. The average molecular weight is 519 g/mol. The summed E-state index contributed by atoms with van der Waals surface area (Å²) < 4.78 is 55.2. The van der Waals surface area contributed by atoms with E-state index in [1.165, 1.54) is 12.1 Å². The number of nitrogens with zero attached hydrogens (tertiary/aromatic N) is 3. The molecule has 36 heavy (non-hydrogen) atoms. The van der Waals surface area contributed by atoms with E-state index in [0.717, 1.165) is 17.8 Å². The number of hydrogen-bond acceptors (Lipinski definition) is 3. The third kappa shape index (κ3) is 4.97. The van der Waals surface area contributed by atoms with Gasteiger partial charge in [0.05, 0.1) is 23.0 Å². The Morgan fingerprint density at radius 1 is 1.06 bits per heavy atom. The predicted octanol–water partition coefficient (Wildman–Crippen LogP) is 6.83. The highest BCUT2D eigenvalue weighted by Crippen LogP contribution is 2.41. The van der Waals surface area contributed by atoms with E-state index in [-0.39, 0.29) is 18.6 Å². The molecule has 1 fully saturated rings. The smallest absolute Gasteiger partial charge is 0.335 e. The molecule has 0 spiro atoms. The van der Waals surface area contributed by atoms with Crippen LogP contribution in [0.15, 0.2) is 54.7 Å². The van der Waals surface area contributed by atoms with Crippen LogP contribution in [-0.2, 0) is 19.0 Å². The molecule has 1 unspecified atom stereocenters. The number of likely N-dealkylation sites (tertiary alicyclic amines) is 1. The van der Waals surface area contributed by atoms with Crippen LogP contribution in [-0.4, -0.2) is 35.0 Å². The number of aryl methyl sites for hydroxylation is 2. The van der Waals surface area contributed by atoms with Crippen LogP contribution in [0.25, 0.3) is 0 Å². The molecule has 0 bridgehead atoms. The number of alkyl halides is 3. The minimum Gasteiger partial charge on any atom is -0.335 e. The Bertz CT molecular complexity index is 1280. The van der Waals surface area contributed by atoms with Crippen molar-refractivity contribution >= 4 is 34.7 Å². The fourth-order valence-electron chi connectivity index (χ4n) is 4.87. The molecule has 0 saturated carbocycles. The maximum Gasteiger partial charge on any atom is 0.417 e. The zero-order valence-electron chi connectivity index (χ0n) is 19.2. The van der Waals surface area contributed by atoms with Gasteiger partial charge in [-0.25, -0.2) is 9.18 Å². The molecule has 1 atom stereocenters. The van der Waals surface area contributed by atoms with Crippen LogP contribution >= 0.6 is 11.6 Å². The Hall–Kier alpha value is -3.33. The summed E-state index contributed by atoms with van der Waals surface area (Å²) in [4.78, 5) is 20.6. The summed E-state index contributed by atoms with van der Waals surface area (Å²) in [6, 6.07) is 11.5. The summed E-state index contributed by atoms with van der Waals surface area (Å²) in [5.74, 6) is -0.477. The maximum absolute atomic E-state index is 14.4. The number of halogens is 5. The van der Waals surface area contributed by atoms with E-state index in [4.69, 9.17) is 11.6 Å². The first-order valence-corrected chi connectivity index (χ1v) is 12.0. The van der Waals surface area contributed by atoms with Gasteiger partial charge in [0.25, 0.3) is 0 Å². The van der Waals surface area contributed by atoms with E-state index in [9.17, 15) is 22.4 Å². The van der Waals surface area contributed by atoms with Crippen molar-refractivity contribution in [2.24, 2.45) is 0 Å². The normalized spacial score (nSPS) is 17.8. The van der Waals surface area contributed by atoms with Gasteiger partial charge in [0.1, 0.15) is 5.82 Å². The molecule has 2 aliphatic heterocycles. The fourth-order valence-corrected chi connectivity index (χ4v) is 5.00. The molecule has 0 aliphatic carbocycles. The van der Waals surface area contributed by atoms with Crippen molar-refractivity contribution in [1.29, 1.82) is 0 Å². The number of hydrogen-bond donors (Lipinski definition) is 1. The summed E-state index contributed by atoms with van der Waals surface area (Å²) in [7, 11) is 0. The Labute approximate surface area is 210 Å². The lowest BCUT2D eigenvalue weighted by Gasteiger charge is -2.41. The number of carbonyl (C=O) groups excluding carboxylic acids is 1. The van der Waals surface area contributed by atoms with Crippen LogP contribution in [0.2, 0.25) is 5.02 Å². The SMILES string of the molecule is O=C(Nc1ccc(Cl)cc1)N1CCCC(N2c3cc(F)ccc3CCc3ncc(C(F)(F)F)cc32)C1.